The Morgan fingerprint density at radius 3 is 2.73 bits per heavy atom. The van der Waals surface area contributed by atoms with Crippen molar-refractivity contribution in [2.24, 2.45) is 10.9 Å². The first kappa shape index (κ1) is 19.2. The quantitative estimate of drug-likeness (QED) is 0.343. The molecular formula is C16H33N3O3. The predicted molar refractivity (Wildman–Crippen MR) is 89.4 cm³/mol. The van der Waals surface area contributed by atoms with Gasteiger partial charge in [-0.25, -0.2) is 0 Å². The van der Waals surface area contributed by atoms with Gasteiger partial charge in [0.2, 0.25) is 0 Å². The fourth-order valence-electron chi connectivity index (χ4n) is 2.06. The van der Waals surface area contributed by atoms with Gasteiger partial charge in [-0.05, 0) is 25.2 Å². The molecule has 0 aliphatic carbocycles. The van der Waals surface area contributed by atoms with E-state index in [4.69, 9.17) is 14.2 Å². The second-order valence-electron chi connectivity index (χ2n) is 5.93. The molecule has 0 radical (unpaired) electrons. The van der Waals surface area contributed by atoms with E-state index < -0.39 is 0 Å². The highest BCUT2D eigenvalue weighted by Gasteiger charge is 2.15. The van der Waals surface area contributed by atoms with Crippen LogP contribution < -0.4 is 10.6 Å². The number of ether oxygens (including phenoxy) is 3. The van der Waals surface area contributed by atoms with E-state index >= 15 is 0 Å². The molecule has 1 rings (SSSR count). The molecule has 1 atom stereocenters. The van der Waals surface area contributed by atoms with E-state index in [1.54, 1.807) is 7.05 Å². The van der Waals surface area contributed by atoms with Crippen LogP contribution in [0.1, 0.15) is 33.1 Å². The minimum absolute atomic E-state index is 0.292. The lowest BCUT2D eigenvalue weighted by molar-refractivity contribution is 0.0420. The molecule has 130 valence electrons. The lowest BCUT2D eigenvalue weighted by Gasteiger charge is -2.13. The van der Waals surface area contributed by atoms with Crippen molar-refractivity contribution in [3.8, 4) is 0 Å². The molecule has 1 fully saturated rings. The van der Waals surface area contributed by atoms with Crippen LogP contribution in [0.3, 0.4) is 0 Å². The standard InChI is InChI=1S/C16H33N3O3/c1-14(2)5-10-20-12-8-19-16(17-3)18-7-4-9-22-15-6-11-21-13-15/h14-15H,4-13H2,1-3H3,(H2,17,18,19). The fraction of sp³-hybridized carbons (Fsp3) is 0.938. The van der Waals surface area contributed by atoms with E-state index in [2.05, 4.69) is 29.5 Å². The number of rotatable bonds is 11. The average Bonchev–Trinajstić information content (AvgIpc) is 3.01. The molecule has 6 nitrogen and oxygen atoms in total. The largest absolute Gasteiger partial charge is 0.380 e. The molecule has 0 aromatic carbocycles. The van der Waals surface area contributed by atoms with Crippen LogP contribution in [-0.4, -0.2) is 65.2 Å². The monoisotopic (exact) mass is 315 g/mol. The van der Waals surface area contributed by atoms with Gasteiger partial charge in [0.25, 0.3) is 0 Å². The summed E-state index contributed by atoms with van der Waals surface area (Å²) in [6.45, 7) is 9.90. The molecule has 22 heavy (non-hydrogen) atoms. The summed E-state index contributed by atoms with van der Waals surface area (Å²) in [7, 11) is 1.78. The summed E-state index contributed by atoms with van der Waals surface area (Å²) in [6, 6.07) is 0. The first-order chi connectivity index (χ1) is 10.7. The zero-order valence-corrected chi connectivity index (χ0v) is 14.4. The Kier molecular flexibility index (Phi) is 11.1. The molecule has 1 heterocycles. The van der Waals surface area contributed by atoms with Crippen LogP contribution in [0.4, 0.5) is 0 Å². The van der Waals surface area contributed by atoms with Crippen LogP contribution in [0.5, 0.6) is 0 Å². The van der Waals surface area contributed by atoms with E-state index in [1.807, 2.05) is 0 Å². The van der Waals surface area contributed by atoms with Crippen molar-refractivity contribution in [1.29, 1.82) is 0 Å². The molecule has 0 amide bonds. The van der Waals surface area contributed by atoms with Crippen molar-refractivity contribution >= 4 is 5.96 Å². The zero-order valence-electron chi connectivity index (χ0n) is 14.4. The molecule has 0 spiro atoms. The van der Waals surface area contributed by atoms with E-state index in [0.717, 1.165) is 64.7 Å². The third-order valence-corrected chi connectivity index (χ3v) is 3.46. The van der Waals surface area contributed by atoms with Crippen LogP contribution in [0.2, 0.25) is 0 Å². The second kappa shape index (κ2) is 12.7. The lowest BCUT2D eigenvalue weighted by atomic mass is 10.1. The van der Waals surface area contributed by atoms with Crippen molar-refractivity contribution in [3.63, 3.8) is 0 Å². The van der Waals surface area contributed by atoms with Crippen LogP contribution in [-0.2, 0) is 14.2 Å². The summed E-state index contributed by atoms with van der Waals surface area (Å²) in [5.74, 6) is 1.51. The van der Waals surface area contributed by atoms with E-state index in [-0.39, 0.29) is 0 Å². The van der Waals surface area contributed by atoms with Gasteiger partial charge in [-0.2, -0.15) is 0 Å². The molecule has 1 aliphatic rings. The van der Waals surface area contributed by atoms with E-state index in [9.17, 15) is 0 Å². The molecular weight excluding hydrogens is 282 g/mol. The van der Waals surface area contributed by atoms with Gasteiger partial charge >= 0.3 is 0 Å². The van der Waals surface area contributed by atoms with Crippen molar-refractivity contribution in [2.75, 3.05) is 53.2 Å². The van der Waals surface area contributed by atoms with E-state index in [1.165, 1.54) is 0 Å². The SMILES string of the molecule is CN=C(NCCCOC1CCOC1)NCCOCCC(C)C. The van der Waals surface area contributed by atoms with Gasteiger partial charge in [0.1, 0.15) is 0 Å². The number of hydrogen-bond acceptors (Lipinski definition) is 4. The third-order valence-electron chi connectivity index (χ3n) is 3.46. The Balaban J connectivity index is 1.91. The predicted octanol–water partition coefficient (Wildman–Crippen LogP) is 1.41. The van der Waals surface area contributed by atoms with Gasteiger partial charge in [0.05, 0.1) is 19.3 Å². The third kappa shape index (κ3) is 9.97. The Morgan fingerprint density at radius 2 is 2.05 bits per heavy atom. The van der Waals surface area contributed by atoms with Crippen LogP contribution in [0.15, 0.2) is 4.99 Å². The molecule has 2 N–H and O–H groups in total. The van der Waals surface area contributed by atoms with Gasteiger partial charge in [-0.15, -0.1) is 0 Å². The number of nitrogens with one attached hydrogen (secondary N) is 2. The second-order valence-corrected chi connectivity index (χ2v) is 5.93. The van der Waals surface area contributed by atoms with Crippen molar-refractivity contribution < 1.29 is 14.2 Å². The van der Waals surface area contributed by atoms with Crippen LogP contribution in [0, 0.1) is 5.92 Å². The van der Waals surface area contributed by atoms with Gasteiger partial charge in [-0.3, -0.25) is 4.99 Å². The first-order valence-electron chi connectivity index (χ1n) is 8.44. The Bertz CT molecular complexity index is 292. The average molecular weight is 315 g/mol. The Morgan fingerprint density at radius 1 is 1.23 bits per heavy atom. The minimum atomic E-state index is 0.292. The summed E-state index contributed by atoms with van der Waals surface area (Å²) >= 11 is 0. The van der Waals surface area contributed by atoms with Gasteiger partial charge in [0.15, 0.2) is 5.96 Å². The highest BCUT2D eigenvalue weighted by atomic mass is 16.5. The summed E-state index contributed by atoms with van der Waals surface area (Å²) in [5, 5.41) is 6.52. The number of nitrogens with zero attached hydrogens (tertiary/aromatic N) is 1. The van der Waals surface area contributed by atoms with Gasteiger partial charge in [-0.1, -0.05) is 13.8 Å². The lowest BCUT2D eigenvalue weighted by Crippen LogP contribution is -2.39. The first-order valence-corrected chi connectivity index (χ1v) is 8.44. The maximum absolute atomic E-state index is 5.72. The van der Waals surface area contributed by atoms with E-state index in [0.29, 0.717) is 18.6 Å². The van der Waals surface area contributed by atoms with Crippen LogP contribution in [0.25, 0.3) is 0 Å². The molecule has 0 aromatic heterocycles. The summed E-state index contributed by atoms with van der Waals surface area (Å²) in [6.07, 6.45) is 3.38. The smallest absolute Gasteiger partial charge is 0.191 e. The molecule has 0 bridgehead atoms. The maximum atomic E-state index is 5.72. The number of hydrogen-bond donors (Lipinski definition) is 2. The highest BCUT2D eigenvalue weighted by Crippen LogP contribution is 2.07. The Labute approximate surface area is 135 Å². The van der Waals surface area contributed by atoms with Crippen molar-refractivity contribution in [1.82, 2.24) is 10.6 Å². The van der Waals surface area contributed by atoms with Gasteiger partial charge < -0.3 is 24.8 Å². The Hall–Kier alpha value is -0.850. The van der Waals surface area contributed by atoms with Crippen molar-refractivity contribution in [3.05, 3.63) is 0 Å². The summed E-state index contributed by atoms with van der Waals surface area (Å²) in [5.41, 5.74) is 0. The topological polar surface area (TPSA) is 64.1 Å². The minimum Gasteiger partial charge on any atom is -0.380 e. The molecule has 0 aromatic rings. The normalized spacial score (nSPS) is 18.9. The van der Waals surface area contributed by atoms with Crippen LogP contribution >= 0.6 is 0 Å². The summed E-state index contributed by atoms with van der Waals surface area (Å²) in [4.78, 5) is 4.19. The van der Waals surface area contributed by atoms with Crippen molar-refractivity contribution in [2.45, 2.75) is 39.2 Å². The number of aliphatic imine (C=N–C) groups is 1. The highest BCUT2D eigenvalue weighted by molar-refractivity contribution is 5.79. The zero-order chi connectivity index (χ0) is 16.0. The molecule has 1 saturated heterocycles. The van der Waals surface area contributed by atoms with Gasteiger partial charge in [0, 0.05) is 40.0 Å². The summed E-state index contributed by atoms with van der Waals surface area (Å²) < 4.78 is 16.6. The molecule has 6 heteroatoms. The fourth-order valence-corrected chi connectivity index (χ4v) is 2.06. The number of guanidine groups is 1. The molecule has 1 aliphatic heterocycles. The molecule has 0 saturated carbocycles. The maximum Gasteiger partial charge on any atom is 0.191 e. The molecule has 1 unspecified atom stereocenters.